The largest absolute Gasteiger partial charge is 0.348 e. The molecule has 0 saturated heterocycles. The van der Waals surface area contributed by atoms with Crippen molar-refractivity contribution in [3.05, 3.63) is 48.0 Å². The number of para-hydroxylation sites is 1. The first-order chi connectivity index (χ1) is 9.72. The van der Waals surface area contributed by atoms with Crippen molar-refractivity contribution in [2.45, 2.75) is 18.9 Å². The number of carbonyl (C=O) groups is 1. The number of halogens is 1. The number of anilines is 2. The predicted octanol–water partition coefficient (Wildman–Crippen LogP) is 2.25. The van der Waals surface area contributed by atoms with Crippen molar-refractivity contribution in [3.8, 4) is 0 Å². The highest BCUT2D eigenvalue weighted by Gasteiger charge is 2.24. The van der Waals surface area contributed by atoms with Crippen LogP contribution in [0.5, 0.6) is 0 Å². The Kier molecular flexibility index (Phi) is 3.28. The van der Waals surface area contributed by atoms with Crippen molar-refractivity contribution >= 4 is 17.5 Å². The van der Waals surface area contributed by atoms with E-state index in [1.54, 1.807) is 18.2 Å². The summed E-state index contributed by atoms with van der Waals surface area (Å²) in [5.74, 6) is -0.436. The number of rotatable bonds is 4. The molecule has 6 heteroatoms. The van der Waals surface area contributed by atoms with Crippen LogP contribution >= 0.6 is 0 Å². The van der Waals surface area contributed by atoms with Gasteiger partial charge in [-0.25, -0.2) is 14.4 Å². The Hall–Kier alpha value is -2.50. The third kappa shape index (κ3) is 2.90. The van der Waals surface area contributed by atoms with Gasteiger partial charge in [0.05, 0.1) is 5.69 Å². The van der Waals surface area contributed by atoms with Gasteiger partial charge in [0.1, 0.15) is 11.5 Å². The van der Waals surface area contributed by atoms with Crippen molar-refractivity contribution in [3.63, 3.8) is 0 Å². The predicted molar refractivity (Wildman–Crippen MR) is 72.2 cm³/mol. The van der Waals surface area contributed by atoms with Gasteiger partial charge in [-0.15, -0.1) is 0 Å². The molecule has 0 bridgehead atoms. The Morgan fingerprint density at radius 3 is 2.80 bits per heavy atom. The monoisotopic (exact) mass is 272 g/mol. The molecule has 1 aliphatic carbocycles. The molecule has 20 heavy (non-hydrogen) atoms. The summed E-state index contributed by atoms with van der Waals surface area (Å²) in [4.78, 5) is 19.9. The summed E-state index contributed by atoms with van der Waals surface area (Å²) in [6.45, 7) is 0. The Labute approximate surface area is 115 Å². The molecule has 1 amide bonds. The first-order valence-corrected chi connectivity index (χ1v) is 6.38. The van der Waals surface area contributed by atoms with Gasteiger partial charge in [0.15, 0.2) is 0 Å². The molecule has 0 unspecified atom stereocenters. The highest BCUT2D eigenvalue weighted by Crippen LogP contribution is 2.19. The number of amides is 1. The fourth-order valence-corrected chi connectivity index (χ4v) is 1.72. The summed E-state index contributed by atoms with van der Waals surface area (Å²) in [5, 5.41) is 5.60. The van der Waals surface area contributed by atoms with E-state index in [1.165, 1.54) is 18.3 Å². The lowest BCUT2D eigenvalue weighted by atomic mass is 10.3. The number of carbonyl (C=O) groups excluding carboxylic acids is 1. The van der Waals surface area contributed by atoms with Crippen LogP contribution in [0.15, 0.2) is 36.5 Å². The van der Waals surface area contributed by atoms with Crippen LogP contribution < -0.4 is 10.6 Å². The molecular formula is C14H13FN4O. The van der Waals surface area contributed by atoms with Gasteiger partial charge in [0.2, 0.25) is 5.95 Å². The molecule has 1 fully saturated rings. The maximum Gasteiger partial charge on any atom is 0.270 e. The van der Waals surface area contributed by atoms with E-state index >= 15 is 0 Å². The number of nitrogens with zero attached hydrogens (tertiary/aromatic N) is 2. The summed E-state index contributed by atoms with van der Waals surface area (Å²) in [6, 6.07) is 8.02. The minimum Gasteiger partial charge on any atom is -0.348 e. The summed E-state index contributed by atoms with van der Waals surface area (Å²) < 4.78 is 13.5. The number of benzene rings is 1. The van der Waals surface area contributed by atoms with Gasteiger partial charge in [-0.2, -0.15) is 0 Å². The number of nitrogens with one attached hydrogen (secondary N) is 2. The van der Waals surface area contributed by atoms with Crippen LogP contribution in [0, 0.1) is 5.82 Å². The van der Waals surface area contributed by atoms with Gasteiger partial charge in [-0.05, 0) is 31.0 Å². The van der Waals surface area contributed by atoms with Crippen LogP contribution in [0.25, 0.3) is 0 Å². The molecule has 0 spiro atoms. The van der Waals surface area contributed by atoms with E-state index in [4.69, 9.17) is 0 Å². The lowest BCUT2D eigenvalue weighted by Crippen LogP contribution is -2.26. The van der Waals surface area contributed by atoms with E-state index < -0.39 is 5.82 Å². The molecule has 1 aromatic heterocycles. The quantitative estimate of drug-likeness (QED) is 0.895. The van der Waals surface area contributed by atoms with Crippen molar-refractivity contribution < 1.29 is 9.18 Å². The average molecular weight is 272 g/mol. The Bertz CT molecular complexity index is 643. The van der Waals surface area contributed by atoms with E-state index in [-0.39, 0.29) is 29.3 Å². The molecule has 2 aromatic rings. The zero-order valence-electron chi connectivity index (χ0n) is 10.6. The third-order valence-corrected chi connectivity index (χ3v) is 2.92. The highest BCUT2D eigenvalue weighted by atomic mass is 19.1. The fraction of sp³-hybridized carbons (Fsp3) is 0.214. The SMILES string of the molecule is O=C(NC1CC1)c1ccnc(Nc2ccccc2F)n1. The summed E-state index contributed by atoms with van der Waals surface area (Å²) >= 11 is 0. The second-order valence-corrected chi connectivity index (χ2v) is 4.62. The number of hydrogen-bond donors (Lipinski definition) is 2. The Morgan fingerprint density at radius 1 is 1.25 bits per heavy atom. The maximum atomic E-state index is 13.5. The van der Waals surface area contributed by atoms with Crippen molar-refractivity contribution in [1.82, 2.24) is 15.3 Å². The Morgan fingerprint density at radius 2 is 2.05 bits per heavy atom. The minimum atomic E-state index is -0.399. The zero-order chi connectivity index (χ0) is 13.9. The molecule has 1 heterocycles. The molecule has 0 aliphatic heterocycles. The summed E-state index contributed by atoms with van der Waals surface area (Å²) in [5.41, 5.74) is 0.540. The van der Waals surface area contributed by atoms with E-state index in [0.29, 0.717) is 0 Å². The zero-order valence-corrected chi connectivity index (χ0v) is 10.6. The van der Waals surface area contributed by atoms with Gasteiger partial charge >= 0.3 is 0 Å². The van der Waals surface area contributed by atoms with E-state index in [1.807, 2.05) is 0 Å². The number of aromatic nitrogens is 2. The minimum absolute atomic E-state index is 0.193. The van der Waals surface area contributed by atoms with Gasteiger partial charge in [-0.3, -0.25) is 4.79 Å². The second kappa shape index (κ2) is 5.24. The number of hydrogen-bond acceptors (Lipinski definition) is 4. The average Bonchev–Trinajstić information content (AvgIpc) is 3.26. The lowest BCUT2D eigenvalue weighted by molar-refractivity contribution is 0.0946. The fourth-order valence-electron chi connectivity index (χ4n) is 1.72. The Balaban J connectivity index is 1.77. The van der Waals surface area contributed by atoms with Crippen molar-refractivity contribution in [1.29, 1.82) is 0 Å². The molecule has 1 aliphatic rings. The van der Waals surface area contributed by atoms with Crippen molar-refractivity contribution in [2.24, 2.45) is 0 Å². The highest BCUT2D eigenvalue weighted by molar-refractivity contribution is 5.92. The van der Waals surface area contributed by atoms with E-state index in [0.717, 1.165) is 12.8 Å². The first-order valence-electron chi connectivity index (χ1n) is 6.38. The molecule has 2 N–H and O–H groups in total. The van der Waals surface area contributed by atoms with Crippen LogP contribution in [0.3, 0.4) is 0 Å². The van der Waals surface area contributed by atoms with Gasteiger partial charge < -0.3 is 10.6 Å². The maximum absolute atomic E-state index is 13.5. The van der Waals surface area contributed by atoms with E-state index in [2.05, 4.69) is 20.6 Å². The van der Waals surface area contributed by atoms with Crippen LogP contribution in [0.1, 0.15) is 23.3 Å². The molecular weight excluding hydrogens is 259 g/mol. The second-order valence-electron chi connectivity index (χ2n) is 4.62. The van der Waals surface area contributed by atoms with Crippen LogP contribution in [-0.4, -0.2) is 21.9 Å². The lowest BCUT2D eigenvalue weighted by Gasteiger charge is -2.07. The normalized spacial score (nSPS) is 13.8. The van der Waals surface area contributed by atoms with E-state index in [9.17, 15) is 9.18 Å². The smallest absolute Gasteiger partial charge is 0.270 e. The molecule has 102 valence electrons. The summed E-state index contributed by atoms with van der Waals surface area (Å²) in [6.07, 6.45) is 3.49. The molecule has 1 aromatic carbocycles. The summed E-state index contributed by atoms with van der Waals surface area (Å²) in [7, 11) is 0. The van der Waals surface area contributed by atoms with Crippen LogP contribution in [0.2, 0.25) is 0 Å². The van der Waals surface area contributed by atoms with Gasteiger partial charge in [-0.1, -0.05) is 12.1 Å². The topological polar surface area (TPSA) is 66.9 Å². The van der Waals surface area contributed by atoms with Gasteiger partial charge in [0.25, 0.3) is 5.91 Å². The van der Waals surface area contributed by atoms with Crippen LogP contribution in [0.4, 0.5) is 16.0 Å². The molecule has 0 atom stereocenters. The molecule has 1 saturated carbocycles. The first kappa shape index (κ1) is 12.5. The van der Waals surface area contributed by atoms with Crippen LogP contribution in [-0.2, 0) is 0 Å². The van der Waals surface area contributed by atoms with Crippen molar-refractivity contribution in [2.75, 3.05) is 5.32 Å². The standard InChI is InChI=1S/C14H13FN4O/c15-10-3-1-2-4-11(10)18-14-16-8-7-12(19-14)13(20)17-9-5-6-9/h1-4,7-9H,5-6H2,(H,17,20)(H,16,18,19). The molecule has 3 rings (SSSR count). The van der Waals surface area contributed by atoms with Gasteiger partial charge in [0, 0.05) is 12.2 Å². The third-order valence-electron chi connectivity index (χ3n) is 2.92. The molecule has 5 nitrogen and oxygen atoms in total. The molecule has 0 radical (unpaired) electrons.